The van der Waals surface area contributed by atoms with Gasteiger partial charge in [-0.15, -0.1) is 0 Å². The van der Waals surface area contributed by atoms with Crippen LogP contribution in [0.5, 0.6) is 0 Å². The molecule has 55 heavy (non-hydrogen) atoms. The third-order valence-corrected chi connectivity index (χ3v) is 24.6. The predicted octanol–water partition coefficient (Wildman–Crippen LogP) is 8.80. The average molecular weight is 893 g/mol. The van der Waals surface area contributed by atoms with E-state index in [0.717, 1.165) is 29.3 Å². The molecule has 0 saturated carbocycles. The monoisotopic (exact) mass is 893 g/mol. The molecule has 3 N–H and O–H groups in total. The summed E-state index contributed by atoms with van der Waals surface area (Å²) in [5.74, 6) is 0. The summed E-state index contributed by atoms with van der Waals surface area (Å²) in [7, 11) is -2.07. The molecule has 0 aliphatic carbocycles. The Bertz CT molecular complexity index is 1240. The molecule has 2 aromatic rings. The SMILES string of the molecule is CCC[CH2][Sn]([CH2]CCC)[CH2]CCC.CC[Si](CC)(CC)O[C@@H]1C=CO[C@H](COCc2ccccc2)[C@H]1O[C@@H]1O[C@H](COCc2ccccc2)[C@H](O)[C@H](O)[C@H]1O. The number of hydrogen-bond donors (Lipinski definition) is 3. The summed E-state index contributed by atoms with van der Waals surface area (Å²) in [6.07, 6.45) is 4.07. The summed E-state index contributed by atoms with van der Waals surface area (Å²) in [6, 6.07) is 22.3. The molecule has 9 nitrogen and oxygen atoms in total. The van der Waals surface area contributed by atoms with Gasteiger partial charge in [0.25, 0.3) is 0 Å². The van der Waals surface area contributed by atoms with Crippen LogP contribution < -0.4 is 0 Å². The molecule has 311 valence electrons. The fourth-order valence-electron chi connectivity index (χ4n) is 7.03. The molecule has 4 rings (SSSR count). The topological polar surface area (TPSA) is 116 Å². The molecule has 0 unspecified atom stereocenters. The molecule has 0 amide bonds. The van der Waals surface area contributed by atoms with Crippen LogP contribution in [0, 0.1) is 0 Å². The van der Waals surface area contributed by atoms with Gasteiger partial charge in [-0.25, -0.2) is 0 Å². The van der Waals surface area contributed by atoms with E-state index >= 15 is 0 Å². The number of aliphatic hydroxyl groups excluding tert-OH is 3. The van der Waals surface area contributed by atoms with Gasteiger partial charge >= 0.3 is 92.4 Å². The summed E-state index contributed by atoms with van der Waals surface area (Å²) in [5, 5.41) is 32.3. The fraction of sp³-hybridized carbons (Fsp3) is 0.682. The predicted molar refractivity (Wildman–Crippen MR) is 225 cm³/mol. The van der Waals surface area contributed by atoms with E-state index in [4.69, 9.17) is 28.1 Å². The van der Waals surface area contributed by atoms with Gasteiger partial charge in [-0.2, -0.15) is 0 Å². The van der Waals surface area contributed by atoms with Gasteiger partial charge in [0.1, 0.15) is 36.6 Å². The number of benzene rings is 2. The van der Waals surface area contributed by atoms with E-state index in [1.54, 1.807) is 19.6 Å². The van der Waals surface area contributed by atoms with Gasteiger partial charge in [0.15, 0.2) is 14.6 Å². The Morgan fingerprint density at radius 3 is 1.60 bits per heavy atom. The summed E-state index contributed by atoms with van der Waals surface area (Å²) in [6.45, 7) is 14.4. The van der Waals surface area contributed by atoms with Crippen LogP contribution in [0.2, 0.25) is 31.4 Å². The molecule has 0 spiro atoms. The van der Waals surface area contributed by atoms with Crippen molar-refractivity contribution in [3.8, 4) is 0 Å². The van der Waals surface area contributed by atoms with Crippen molar-refractivity contribution in [1.82, 2.24) is 0 Å². The van der Waals surface area contributed by atoms with Crippen LogP contribution in [0.15, 0.2) is 73.0 Å². The smallest absolute Gasteiger partial charge is 0.193 e. The average Bonchev–Trinajstić information content (AvgIpc) is 3.22. The maximum Gasteiger partial charge on any atom is 0.193 e. The zero-order chi connectivity index (χ0) is 39.9. The van der Waals surface area contributed by atoms with Crippen LogP contribution in [0.3, 0.4) is 0 Å². The third kappa shape index (κ3) is 16.5. The third-order valence-electron chi connectivity index (χ3n) is 10.9. The minimum atomic E-state index is -2.07. The van der Waals surface area contributed by atoms with Crippen LogP contribution in [-0.2, 0) is 41.3 Å². The second-order valence-corrected chi connectivity index (χ2v) is 28.3. The van der Waals surface area contributed by atoms with Gasteiger partial charge in [-0.3, -0.25) is 0 Å². The maximum atomic E-state index is 10.9. The van der Waals surface area contributed by atoms with Gasteiger partial charge in [-0.05, 0) is 35.3 Å². The number of ether oxygens (including phenoxy) is 5. The Labute approximate surface area is 341 Å². The molecular weight excluding hydrogens is 819 g/mol. The summed E-state index contributed by atoms with van der Waals surface area (Å²) in [5.41, 5.74) is 2.00. The van der Waals surface area contributed by atoms with Crippen LogP contribution in [0.25, 0.3) is 0 Å². The minimum Gasteiger partial charge on any atom is -0.493 e. The van der Waals surface area contributed by atoms with Crippen molar-refractivity contribution in [2.24, 2.45) is 0 Å². The van der Waals surface area contributed by atoms with E-state index in [1.807, 2.05) is 66.7 Å². The number of unbranched alkanes of at least 4 members (excludes halogenated alkanes) is 3. The molecular formula is C44H73O9SiSn. The zero-order valence-electron chi connectivity index (χ0n) is 34.7. The quantitative estimate of drug-likeness (QED) is 0.0890. The van der Waals surface area contributed by atoms with Crippen LogP contribution in [0.4, 0.5) is 0 Å². The molecule has 2 aliphatic heterocycles. The van der Waals surface area contributed by atoms with Crippen molar-refractivity contribution in [1.29, 1.82) is 0 Å². The summed E-state index contributed by atoms with van der Waals surface area (Å²) >= 11 is -0.839. The van der Waals surface area contributed by atoms with Gasteiger partial charge in [0, 0.05) is 0 Å². The van der Waals surface area contributed by atoms with Gasteiger partial charge in [-0.1, -0.05) is 81.4 Å². The van der Waals surface area contributed by atoms with E-state index in [2.05, 4.69) is 41.5 Å². The van der Waals surface area contributed by atoms with Crippen molar-refractivity contribution >= 4 is 28.1 Å². The molecule has 11 heteroatoms. The summed E-state index contributed by atoms with van der Waals surface area (Å²) in [4.78, 5) is 0. The van der Waals surface area contributed by atoms with E-state index in [9.17, 15) is 15.3 Å². The van der Waals surface area contributed by atoms with Gasteiger partial charge in [0.05, 0.1) is 38.8 Å². The molecule has 8 atom stereocenters. The van der Waals surface area contributed by atoms with Crippen LogP contribution in [-0.4, -0.2) is 106 Å². The Morgan fingerprint density at radius 1 is 0.636 bits per heavy atom. The van der Waals surface area contributed by atoms with E-state index < -0.39 is 77.1 Å². The number of rotatable bonds is 24. The van der Waals surface area contributed by atoms with E-state index in [0.29, 0.717) is 13.2 Å². The second kappa shape index (κ2) is 27.4. The molecule has 2 aromatic carbocycles. The van der Waals surface area contributed by atoms with Gasteiger partial charge in [0.2, 0.25) is 0 Å². The molecule has 2 heterocycles. The van der Waals surface area contributed by atoms with Crippen molar-refractivity contribution < 1.29 is 43.4 Å². The molecule has 0 bridgehead atoms. The molecule has 1 fully saturated rings. The van der Waals surface area contributed by atoms with Crippen molar-refractivity contribution in [3.63, 3.8) is 0 Å². The van der Waals surface area contributed by atoms with Crippen molar-refractivity contribution in [2.45, 2.75) is 174 Å². The van der Waals surface area contributed by atoms with Crippen LogP contribution >= 0.6 is 0 Å². The van der Waals surface area contributed by atoms with E-state index in [-0.39, 0.29) is 13.2 Å². The van der Waals surface area contributed by atoms with Crippen molar-refractivity contribution in [3.05, 3.63) is 84.1 Å². The first-order chi connectivity index (χ1) is 26.7. The number of aliphatic hydroxyl groups is 3. The standard InChI is InChI=1S/C32H46O9Si.3C4H9.Sn/c1-4-42(5-2,6-3)41-25-17-18-38-27(22-37-20-24-15-11-8-12-16-24)31(25)40-32-30(35)29(34)28(33)26(39-32)21-36-19-23-13-9-7-10-14-23;3*1-3-4-2;/h7-18,25-35H,4-6,19-22H2,1-3H3;3*1,3-4H2,2H3;/t25-,26-,27-,28+,29+,30-,31+,32+;;;;/m1..../s1. The fourth-order valence-corrected chi connectivity index (χ4v) is 19.3. The normalized spacial score (nSPS) is 25.3. The minimum absolute atomic E-state index is 0.00183. The first-order valence-corrected chi connectivity index (χ1v) is 29.7. The Balaban J connectivity index is 0.000000534. The molecule has 1 saturated heterocycles. The largest absolute Gasteiger partial charge is 0.493 e. The molecule has 2 aliphatic rings. The second-order valence-electron chi connectivity index (χ2n) is 15.0. The van der Waals surface area contributed by atoms with Crippen LogP contribution in [0.1, 0.15) is 91.2 Å². The summed E-state index contributed by atoms with van der Waals surface area (Å²) < 4.78 is 42.1. The first-order valence-electron chi connectivity index (χ1n) is 21.2. The Morgan fingerprint density at radius 2 is 1.13 bits per heavy atom. The molecule has 1 radical (unpaired) electrons. The first kappa shape index (κ1) is 48.0. The maximum absolute atomic E-state index is 10.9. The number of hydrogen-bond acceptors (Lipinski definition) is 9. The zero-order valence-corrected chi connectivity index (χ0v) is 38.5. The van der Waals surface area contributed by atoms with Gasteiger partial charge < -0.3 is 43.4 Å². The Kier molecular flexibility index (Phi) is 23.9. The van der Waals surface area contributed by atoms with Crippen molar-refractivity contribution in [2.75, 3.05) is 13.2 Å². The van der Waals surface area contributed by atoms with E-state index in [1.165, 1.54) is 38.5 Å². The Hall–Kier alpha value is -1.32. The molecule has 0 aromatic heterocycles.